The molecule has 0 saturated heterocycles. The van der Waals surface area contributed by atoms with Crippen LogP contribution in [0.25, 0.3) is 0 Å². The van der Waals surface area contributed by atoms with Gasteiger partial charge in [0, 0.05) is 24.1 Å². The first-order valence-corrected chi connectivity index (χ1v) is 12.2. The summed E-state index contributed by atoms with van der Waals surface area (Å²) in [5.41, 5.74) is 3.27. The first-order chi connectivity index (χ1) is 16.9. The summed E-state index contributed by atoms with van der Waals surface area (Å²) >= 11 is 0. The first-order valence-electron chi connectivity index (χ1n) is 12.2. The molecule has 184 valence electrons. The highest BCUT2D eigenvalue weighted by atomic mass is 19.4. The highest BCUT2D eigenvalue weighted by Gasteiger charge is 2.50. The molecule has 0 heterocycles. The number of ether oxygens (including phenoxy) is 2. The lowest BCUT2D eigenvalue weighted by Gasteiger charge is -2.38. The van der Waals surface area contributed by atoms with E-state index in [0.29, 0.717) is 35.6 Å². The number of fused-ring (bicyclic) bond motifs is 2. The average Bonchev–Trinajstić information content (AvgIpc) is 3.46. The van der Waals surface area contributed by atoms with Crippen LogP contribution in [0.3, 0.4) is 0 Å². The summed E-state index contributed by atoms with van der Waals surface area (Å²) in [6.45, 7) is 0.416. The van der Waals surface area contributed by atoms with Crippen LogP contribution < -0.4 is 14.8 Å². The fraction of sp³-hybridized carbons (Fsp3) is 0.379. The number of nitrogens with one attached hydrogen (secondary N) is 1. The second kappa shape index (κ2) is 9.94. The molecule has 3 aromatic rings. The molecule has 2 saturated carbocycles. The van der Waals surface area contributed by atoms with Crippen LogP contribution in [0, 0.1) is 17.8 Å². The molecule has 2 aliphatic carbocycles. The predicted octanol–water partition coefficient (Wildman–Crippen LogP) is 6.93. The summed E-state index contributed by atoms with van der Waals surface area (Å²) in [5, 5.41) is 3.75. The van der Waals surface area contributed by atoms with E-state index in [1.54, 1.807) is 0 Å². The SMILES string of the molecule is COc1ccc(OC(F)(F)F)cc1CNC1C2CCC(C2)C1C(c1ccccc1)c1ccccc1. The molecule has 0 aromatic heterocycles. The van der Waals surface area contributed by atoms with E-state index in [-0.39, 0.29) is 17.7 Å². The van der Waals surface area contributed by atoms with Gasteiger partial charge < -0.3 is 14.8 Å². The number of hydrogen-bond donors (Lipinski definition) is 1. The summed E-state index contributed by atoms with van der Waals surface area (Å²) in [6.07, 6.45) is -1.13. The van der Waals surface area contributed by atoms with Gasteiger partial charge in [0.15, 0.2) is 0 Å². The van der Waals surface area contributed by atoms with Crippen molar-refractivity contribution in [2.75, 3.05) is 7.11 Å². The van der Waals surface area contributed by atoms with E-state index in [1.165, 1.54) is 55.7 Å². The number of rotatable bonds is 8. The molecule has 1 N–H and O–H groups in total. The fourth-order valence-electron chi connectivity index (χ4n) is 6.39. The number of benzene rings is 3. The van der Waals surface area contributed by atoms with Gasteiger partial charge in [0.2, 0.25) is 0 Å². The van der Waals surface area contributed by atoms with Crippen molar-refractivity contribution < 1.29 is 22.6 Å². The van der Waals surface area contributed by atoms with Crippen LogP contribution in [0.5, 0.6) is 11.5 Å². The summed E-state index contributed by atoms with van der Waals surface area (Å²) in [4.78, 5) is 0. The second-order valence-electron chi connectivity index (χ2n) is 9.64. The highest BCUT2D eigenvalue weighted by Crippen LogP contribution is 2.55. The lowest BCUT2D eigenvalue weighted by molar-refractivity contribution is -0.274. The van der Waals surface area contributed by atoms with E-state index in [1.807, 2.05) is 12.1 Å². The van der Waals surface area contributed by atoms with Crippen LogP contribution >= 0.6 is 0 Å². The summed E-state index contributed by atoms with van der Waals surface area (Å²) in [6, 6.07) is 25.8. The molecule has 4 unspecified atom stereocenters. The maximum Gasteiger partial charge on any atom is 0.573 e. The summed E-state index contributed by atoms with van der Waals surface area (Å²) in [5.74, 6) is 2.15. The van der Waals surface area contributed by atoms with Crippen LogP contribution in [0.15, 0.2) is 78.9 Å². The zero-order valence-corrected chi connectivity index (χ0v) is 19.7. The van der Waals surface area contributed by atoms with Crippen LogP contribution in [-0.4, -0.2) is 19.5 Å². The van der Waals surface area contributed by atoms with Crippen LogP contribution in [0.4, 0.5) is 13.2 Å². The molecule has 6 heteroatoms. The Morgan fingerprint density at radius 3 is 2.11 bits per heavy atom. The Kier molecular flexibility index (Phi) is 6.74. The minimum atomic E-state index is -4.73. The Hall–Kier alpha value is -2.99. The standard InChI is InChI=1S/C29H30F3NO2/c1-34-25-15-14-24(35-29(30,31)32)17-23(25)18-33-28-22-13-12-21(16-22)27(28)26(19-8-4-2-5-9-19)20-10-6-3-7-11-20/h2-11,14-15,17,21-22,26-28,33H,12-13,16,18H2,1H3. The highest BCUT2D eigenvalue weighted by molar-refractivity contribution is 5.41. The molecule has 2 bridgehead atoms. The zero-order chi connectivity index (χ0) is 24.4. The van der Waals surface area contributed by atoms with Gasteiger partial charge >= 0.3 is 6.36 Å². The van der Waals surface area contributed by atoms with Gasteiger partial charge in [-0.05, 0) is 66.3 Å². The molecule has 3 aromatic carbocycles. The maximum atomic E-state index is 12.8. The van der Waals surface area contributed by atoms with Gasteiger partial charge in [-0.25, -0.2) is 0 Å². The largest absolute Gasteiger partial charge is 0.573 e. The topological polar surface area (TPSA) is 30.5 Å². The van der Waals surface area contributed by atoms with Crippen molar-refractivity contribution in [1.29, 1.82) is 0 Å². The normalized spacial score (nSPS) is 23.6. The molecule has 0 aliphatic heterocycles. The van der Waals surface area contributed by atoms with Crippen molar-refractivity contribution in [3.8, 4) is 11.5 Å². The van der Waals surface area contributed by atoms with Crippen molar-refractivity contribution in [1.82, 2.24) is 5.32 Å². The third kappa shape index (κ3) is 5.18. The Labute approximate surface area is 204 Å². The van der Waals surface area contributed by atoms with Gasteiger partial charge in [0.1, 0.15) is 11.5 Å². The van der Waals surface area contributed by atoms with Crippen molar-refractivity contribution in [2.24, 2.45) is 17.8 Å². The van der Waals surface area contributed by atoms with Crippen molar-refractivity contribution in [2.45, 2.75) is 44.1 Å². The van der Waals surface area contributed by atoms with Gasteiger partial charge in [0.25, 0.3) is 0 Å². The Morgan fingerprint density at radius 2 is 1.51 bits per heavy atom. The Bertz CT molecular complexity index is 1080. The molecular formula is C29H30F3NO2. The van der Waals surface area contributed by atoms with Gasteiger partial charge in [-0.2, -0.15) is 0 Å². The molecule has 35 heavy (non-hydrogen) atoms. The lowest BCUT2D eigenvalue weighted by Crippen LogP contribution is -2.43. The molecular weight excluding hydrogens is 451 g/mol. The molecule has 0 amide bonds. The Morgan fingerprint density at radius 1 is 0.886 bits per heavy atom. The Balaban J connectivity index is 1.43. The zero-order valence-electron chi connectivity index (χ0n) is 19.7. The molecule has 5 rings (SSSR count). The summed E-state index contributed by atoms with van der Waals surface area (Å²) < 4.78 is 47.9. The van der Waals surface area contributed by atoms with Gasteiger partial charge in [0.05, 0.1) is 7.11 Å². The molecule has 4 atom stereocenters. The van der Waals surface area contributed by atoms with E-state index in [9.17, 15) is 13.2 Å². The molecule has 2 aliphatic rings. The van der Waals surface area contributed by atoms with E-state index in [2.05, 4.69) is 58.6 Å². The number of hydrogen-bond acceptors (Lipinski definition) is 3. The number of alkyl halides is 3. The second-order valence-corrected chi connectivity index (χ2v) is 9.64. The molecule has 0 radical (unpaired) electrons. The monoisotopic (exact) mass is 481 g/mol. The third-order valence-electron chi connectivity index (χ3n) is 7.70. The number of methoxy groups -OCH3 is 1. The molecule has 2 fully saturated rings. The van der Waals surface area contributed by atoms with Crippen molar-refractivity contribution in [3.63, 3.8) is 0 Å². The first kappa shape index (κ1) is 23.7. The number of halogens is 3. The molecule has 3 nitrogen and oxygen atoms in total. The van der Waals surface area contributed by atoms with E-state index < -0.39 is 6.36 Å². The summed E-state index contributed by atoms with van der Waals surface area (Å²) in [7, 11) is 1.53. The van der Waals surface area contributed by atoms with E-state index >= 15 is 0 Å². The van der Waals surface area contributed by atoms with E-state index in [0.717, 1.165) is 0 Å². The van der Waals surface area contributed by atoms with Crippen molar-refractivity contribution >= 4 is 0 Å². The molecule has 0 spiro atoms. The fourth-order valence-corrected chi connectivity index (χ4v) is 6.39. The predicted molar refractivity (Wildman–Crippen MR) is 129 cm³/mol. The average molecular weight is 482 g/mol. The minimum Gasteiger partial charge on any atom is -0.496 e. The quantitative estimate of drug-likeness (QED) is 0.378. The van der Waals surface area contributed by atoms with E-state index in [4.69, 9.17) is 4.74 Å². The minimum absolute atomic E-state index is 0.231. The van der Waals surface area contributed by atoms with Gasteiger partial charge in [-0.3, -0.25) is 0 Å². The van der Waals surface area contributed by atoms with Gasteiger partial charge in [-0.15, -0.1) is 13.2 Å². The van der Waals surface area contributed by atoms with Crippen LogP contribution in [0.1, 0.15) is 41.9 Å². The van der Waals surface area contributed by atoms with Crippen LogP contribution in [-0.2, 0) is 6.54 Å². The van der Waals surface area contributed by atoms with Crippen molar-refractivity contribution in [3.05, 3.63) is 95.6 Å². The van der Waals surface area contributed by atoms with Crippen LogP contribution in [0.2, 0.25) is 0 Å². The lowest BCUT2D eigenvalue weighted by atomic mass is 9.70. The maximum absolute atomic E-state index is 12.8. The third-order valence-corrected chi connectivity index (χ3v) is 7.70. The smallest absolute Gasteiger partial charge is 0.496 e. The van der Waals surface area contributed by atoms with Gasteiger partial charge in [-0.1, -0.05) is 60.7 Å².